The third kappa shape index (κ3) is 1.61. The molecule has 0 aromatic heterocycles. The summed E-state index contributed by atoms with van der Waals surface area (Å²) in [6, 6.07) is 4.72. The number of ether oxygens (including phenoxy) is 1. The summed E-state index contributed by atoms with van der Waals surface area (Å²) in [5, 5.41) is 2.82. The van der Waals surface area contributed by atoms with Crippen LogP contribution < -0.4 is 10.1 Å². The SMILES string of the molecule is CNc1ccc(OC)c(F)c1. The smallest absolute Gasteiger partial charge is 0.167 e. The molecule has 11 heavy (non-hydrogen) atoms. The Morgan fingerprint density at radius 2 is 2.18 bits per heavy atom. The predicted molar refractivity (Wildman–Crippen MR) is 42.5 cm³/mol. The Labute approximate surface area is 65.0 Å². The van der Waals surface area contributed by atoms with Crippen molar-refractivity contribution in [1.29, 1.82) is 0 Å². The van der Waals surface area contributed by atoms with Crippen molar-refractivity contribution < 1.29 is 9.13 Å². The fourth-order valence-electron chi connectivity index (χ4n) is 0.822. The third-order valence-corrected chi connectivity index (χ3v) is 1.44. The van der Waals surface area contributed by atoms with Gasteiger partial charge >= 0.3 is 0 Å². The molecule has 0 amide bonds. The summed E-state index contributed by atoms with van der Waals surface area (Å²) in [7, 11) is 3.18. The van der Waals surface area contributed by atoms with Gasteiger partial charge in [-0.1, -0.05) is 0 Å². The van der Waals surface area contributed by atoms with Crippen molar-refractivity contribution in [3.05, 3.63) is 24.0 Å². The van der Waals surface area contributed by atoms with Crippen LogP contribution in [0.2, 0.25) is 0 Å². The van der Waals surface area contributed by atoms with E-state index in [1.807, 2.05) is 0 Å². The van der Waals surface area contributed by atoms with E-state index in [-0.39, 0.29) is 11.6 Å². The van der Waals surface area contributed by atoms with Crippen molar-refractivity contribution in [2.45, 2.75) is 0 Å². The number of rotatable bonds is 2. The van der Waals surface area contributed by atoms with Crippen LogP contribution in [0.15, 0.2) is 18.2 Å². The molecule has 3 heteroatoms. The van der Waals surface area contributed by atoms with Crippen molar-refractivity contribution in [2.75, 3.05) is 19.5 Å². The Kier molecular flexibility index (Phi) is 2.31. The Balaban J connectivity index is 2.99. The van der Waals surface area contributed by atoms with Crippen LogP contribution in [0.25, 0.3) is 0 Å². The van der Waals surface area contributed by atoms with Gasteiger partial charge in [0.15, 0.2) is 11.6 Å². The van der Waals surface area contributed by atoms with Gasteiger partial charge in [0, 0.05) is 18.8 Å². The van der Waals surface area contributed by atoms with Crippen molar-refractivity contribution in [3.63, 3.8) is 0 Å². The van der Waals surface area contributed by atoms with Crippen molar-refractivity contribution in [3.8, 4) is 5.75 Å². The van der Waals surface area contributed by atoms with Gasteiger partial charge in [0.05, 0.1) is 7.11 Å². The van der Waals surface area contributed by atoms with Crippen LogP contribution >= 0.6 is 0 Å². The molecule has 2 nitrogen and oxygen atoms in total. The highest BCUT2D eigenvalue weighted by molar-refractivity contribution is 5.46. The summed E-state index contributed by atoms with van der Waals surface area (Å²) in [6.45, 7) is 0. The first kappa shape index (κ1) is 7.85. The van der Waals surface area contributed by atoms with Crippen LogP contribution in [-0.2, 0) is 0 Å². The molecule has 0 unspecified atom stereocenters. The summed E-state index contributed by atoms with van der Waals surface area (Å²) in [5.41, 5.74) is 0.739. The van der Waals surface area contributed by atoms with Crippen LogP contribution in [-0.4, -0.2) is 14.2 Å². The summed E-state index contributed by atoms with van der Waals surface area (Å²) in [6.07, 6.45) is 0. The fraction of sp³-hybridized carbons (Fsp3) is 0.250. The quantitative estimate of drug-likeness (QED) is 0.704. The molecule has 0 saturated heterocycles. The molecule has 1 aromatic rings. The van der Waals surface area contributed by atoms with Crippen molar-refractivity contribution in [1.82, 2.24) is 0 Å². The maximum atomic E-state index is 12.9. The zero-order valence-electron chi connectivity index (χ0n) is 6.52. The molecule has 0 aliphatic carbocycles. The lowest BCUT2D eigenvalue weighted by molar-refractivity contribution is 0.386. The highest BCUT2D eigenvalue weighted by Gasteiger charge is 2.00. The van der Waals surface area contributed by atoms with Gasteiger partial charge < -0.3 is 10.1 Å². The van der Waals surface area contributed by atoms with E-state index in [4.69, 9.17) is 4.74 Å². The summed E-state index contributed by atoms with van der Waals surface area (Å²) in [5.74, 6) is -0.0802. The van der Waals surface area contributed by atoms with E-state index in [0.29, 0.717) is 0 Å². The maximum absolute atomic E-state index is 12.9. The van der Waals surface area contributed by atoms with Gasteiger partial charge in [0.2, 0.25) is 0 Å². The summed E-state index contributed by atoms with van der Waals surface area (Å²) in [4.78, 5) is 0. The van der Waals surface area contributed by atoms with E-state index in [2.05, 4.69) is 5.32 Å². The normalized spacial score (nSPS) is 9.36. The Morgan fingerprint density at radius 1 is 1.45 bits per heavy atom. The lowest BCUT2D eigenvalue weighted by atomic mass is 10.3. The number of halogens is 1. The van der Waals surface area contributed by atoms with E-state index in [1.54, 1.807) is 19.2 Å². The van der Waals surface area contributed by atoms with Gasteiger partial charge in [0.25, 0.3) is 0 Å². The molecule has 0 bridgehead atoms. The standard InChI is InChI=1S/C8H10FNO/c1-10-6-3-4-8(11-2)7(9)5-6/h3-5,10H,1-2H3. The molecule has 0 aliphatic heterocycles. The minimum absolute atomic E-state index is 0.268. The van der Waals surface area contributed by atoms with E-state index < -0.39 is 0 Å². The first-order valence-corrected chi connectivity index (χ1v) is 3.29. The molecule has 0 spiro atoms. The molecule has 0 aliphatic rings. The van der Waals surface area contributed by atoms with Crippen molar-refractivity contribution >= 4 is 5.69 Å². The average molecular weight is 155 g/mol. The van der Waals surface area contributed by atoms with E-state index >= 15 is 0 Å². The molecule has 0 heterocycles. The molecule has 60 valence electrons. The second-order valence-corrected chi connectivity index (χ2v) is 2.10. The maximum Gasteiger partial charge on any atom is 0.167 e. The Hall–Kier alpha value is -1.25. The average Bonchev–Trinajstić information content (AvgIpc) is 2.04. The summed E-state index contributed by atoms with van der Waals surface area (Å²) >= 11 is 0. The Morgan fingerprint density at radius 3 is 2.64 bits per heavy atom. The first-order chi connectivity index (χ1) is 5.27. The second kappa shape index (κ2) is 3.23. The molecule has 1 N–H and O–H groups in total. The number of hydrogen-bond donors (Lipinski definition) is 1. The number of benzene rings is 1. The number of nitrogens with one attached hydrogen (secondary N) is 1. The van der Waals surface area contributed by atoms with Gasteiger partial charge in [-0.3, -0.25) is 0 Å². The zero-order chi connectivity index (χ0) is 8.27. The molecule has 0 fully saturated rings. The van der Waals surface area contributed by atoms with Gasteiger partial charge in [-0.25, -0.2) is 4.39 Å². The zero-order valence-corrected chi connectivity index (χ0v) is 6.52. The van der Waals surface area contributed by atoms with Crippen LogP contribution in [0.4, 0.5) is 10.1 Å². The number of hydrogen-bond acceptors (Lipinski definition) is 2. The van der Waals surface area contributed by atoms with Crippen LogP contribution in [0.5, 0.6) is 5.75 Å². The van der Waals surface area contributed by atoms with E-state index in [1.165, 1.54) is 13.2 Å². The monoisotopic (exact) mass is 155 g/mol. The number of anilines is 1. The molecular formula is C8H10FNO. The molecule has 0 atom stereocenters. The highest BCUT2D eigenvalue weighted by Crippen LogP contribution is 2.19. The van der Waals surface area contributed by atoms with Gasteiger partial charge in [-0.2, -0.15) is 0 Å². The lowest BCUT2D eigenvalue weighted by Crippen LogP contribution is -1.91. The fourth-order valence-corrected chi connectivity index (χ4v) is 0.822. The number of methoxy groups -OCH3 is 1. The van der Waals surface area contributed by atoms with E-state index in [9.17, 15) is 4.39 Å². The predicted octanol–water partition coefficient (Wildman–Crippen LogP) is 1.88. The van der Waals surface area contributed by atoms with Gasteiger partial charge in [0.1, 0.15) is 0 Å². The Bertz CT molecular complexity index is 250. The minimum Gasteiger partial charge on any atom is -0.494 e. The topological polar surface area (TPSA) is 21.3 Å². The first-order valence-electron chi connectivity index (χ1n) is 3.29. The summed E-state index contributed by atoms with van der Waals surface area (Å²) < 4.78 is 17.6. The highest BCUT2D eigenvalue weighted by atomic mass is 19.1. The van der Waals surface area contributed by atoms with Crippen LogP contribution in [0.3, 0.4) is 0 Å². The lowest BCUT2D eigenvalue weighted by Gasteiger charge is -2.03. The van der Waals surface area contributed by atoms with Crippen LogP contribution in [0, 0.1) is 5.82 Å². The molecule has 1 aromatic carbocycles. The van der Waals surface area contributed by atoms with Crippen LogP contribution in [0.1, 0.15) is 0 Å². The third-order valence-electron chi connectivity index (χ3n) is 1.44. The molecule has 1 rings (SSSR count). The second-order valence-electron chi connectivity index (χ2n) is 2.10. The van der Waals surface area contributed by atoms with E-state index in [0.717, 1.165) is 5.69 Å². The van der Waals surface area contributed by atoms with Gasteiger partial charge in [-0.15, -0.1) is 0 Å². The minimum atomic E-state index is -0.348. The molecular weight excluding hydrogens is 145 g/mol. The largest absolute Gasteiger partial charge is 0.494 e. The van der Waals surface area contributed by atoms with Crippen molar-refractivity contribution in [2.24, 2.45) is 0 Å². The van der Waals surface area contributed by atoms with Gasteiger partial charge in [-0.05, 0) is 12.1 Å². The molecule has 0 saturated carbocycles. The molecule has 0 radical (unpaired) electrons.